The van der Waals surface area contributed by atoms with Crippen molar-refractivity contribution < 1.29 is 19.5 Å². The van der Waals surface area contributed by atoms with Crippen LogP contribution < -0.4 is 16.4 Å². The second-order valence-corrected chi connectivity index (χ2v) is 4.44. The molecule has 7 heteroatoms. The minimum atomic E-state index is -1.12. The first kappa shape index (κ1) is 14.4. The summed E-state index contributed by atoms with van der Waals surface area (Å²) in [6, 6.07) is -0.152. The first-order valence-corrected chi connectivity index (χ1v) is 6.02. The van der Waals surface area contributed by atoms with E-state index < -0.39 is 18.4 Å². The second-order valence-electron chi connectivity index (χ2n) is 4.44. The largest absolute Gasteiger partial charge is 0.480 e. The van der Waals surface area contributed by atoms with Crippen molar-refractivity contribution in [3.63, 3.8) is 0 Å². The monoisotopic (exact) mass is 257 g/mol. The van der Waals surface area contributed by atoms with Crippen molar-refractivity contribution >= 4 is 17.8 Å². The van der Waals surface area contributed by atoms with Gasteiger partial charge in [-0.1, -0.05) is 12.8 Å². The van der Waals surface area contributed by atoms with E-state index in [1.165, 1.54) is 0 Å². The molecule has 2 atom stereocenters. The van der Waals surface area contributed by atoms with Crippen LogP contribution in [0.3, 0.4) is 0 Å². The zero-order valence-electron chi connectivity index (χ0n) is 10.1. The molecule has 0 radical (unpaired) electrons. The lowest BCUT2D eigenvalue weighted by Crippen LogP contribution is -2.46. The molecular formula is C11H19N3O4. The Kier molecular flexibility index (Phi) is 5.57. The predicted octanol–water partition coefficient (Wildman–Crippen LogP) is -1.18. The quantitative estimate of drug-likeness (QED) is 0.494. The van der Waals surface area contributed by atoms with Crippen LogP contribution in [0.4, 0.5) is 0 Å². The number of carboxylic acids is 1. The van der Waals surface area contributed by atoms with Gasteiger partial charge in [0, 0.05) is 6.04 Å². The van der Waals surface area contributed by atoms with Gasteiger partial charge in [-0.05, 0) is 12.8 Å². The summed E-state index contributed by atoms with van der Waals surface area (Å²) in [6.45, 7) is -0.660. The van der Waals surface area contributed by atoms with Gasteiger partial charge >= 0.3 is 5.97 Å². The van der Waals surface area contributed by atoms with Crippen LogP contribution in [0.5, 0.6) is 0 Å². The van der Waals surface area contributed by atoms with E-state index in [1.54, 1.807) is 0 Å². The van der Waals surface area contributed by atoms with Crippen LogP contribution in [0, 0.1) is 5.92 Å². The molecule has 0 spiro atoms. The van der Waals surface area contributed by atoms with Crippen molar-refractivity contribution in [3.8, 4) is 0 Å². The van der Waals surface area contributed by atoms with Crippen LogP contribution in [0.1, 0.15) is 25.7 Å². The van der Waals surface area contributed by atoms with Gasteiger partial charge < -0.3 is 21.5 Å². The molecule has 0 aromatic carbocycles. The van der Waals surface area contributed by atoms with Crippen LogP contribution in [0.15, 0.2) is 0 Å². The Hall–Kier alpha value is -1.63. The Labute approximate surface area is 105 Å². The maximum absolute atomic E-state index is 11.8. The summed E-state index contributed by atoms with van der Waals surface area (Å²) in [5.74, 6) is -2.11. The van der Waals surface area contributed by atoms with E-state index in [0.717, 1.165) is 25.7 Å². The van der Waals surface area contributed by atoms with Gasteiger partial charge in [-0.2, -0.15) is 0 Å². The number of carbonyl (C=O) groups is 3. The molecule has 1 rings (SSSR count). The molecule has 1 saturated carbocycles. The molecule has 0 bridgehead atoms. The summed E-state index contributed by atoms with van der Waals surface area (Å²) >= 11 is 0. The summed E-state index contributed by atoms with van der Waals surface area (Å²) in [4.78, 5) is 33.2. The minimum Gasteiger partial charge on any atom is -0.480 e. The molecule has 1 aliphatic rings. The maximum atomic E-state index is 11.8. The molecule has 0 aliphatic heterocycles. The van der Waals surface area contributed by atoms with Crippen molar-refractivity contribution in [3.05, 3.63) is 0 Å². The molecule has 2 amide bonds. The molecule has 102 valence electrons. The van der Waals surface area contributed by atoms with Crippen molar-refractivity contribution in [2.24, 2.45) is 11.7 Å². The lowest BCUT2D eigenvalue weighted by Gasteiger charge is -2.27. The fraction of sp³-hybridized carbons (Fsp3) is 0.727. The van der Waals surface area contributed by atoms with Gasteiger partial charge in [-0.15, -0.1) is 0 Å². The number of carboxylic acid groups (broad SMARTS) is 1. The lowest BCUT2D eigenvalue weighted by molar-refractivity contribution is -0.137. The summed E-state index contributed by atoms with van der Waals surface area (Å²) < 4.78 is 0. The SMILES string of the molecule is NC1CCCCC1C(=O)NCC(=O)NCC(=O)O. The molecule has 2 unspecified atom stereocenters. The van der Waals surface area contributed by atoms with Crippen molar-refractivity contribution in [1.82, 2.24) is 10.6 Å². The highest BCUT2D eigenvalue weighted by Gasteiger charge is 2.28. The third-order valence-corrected chi connectivity index (χ3v) is 3.02. The van der Waals surface area contributed by atoms with E-state index in [4.69, 9.17) is 10.8 Å². The van der Waals surface area contributed by atoms with Crippen LogP contribution in [0.25, 0.3) is 0 Å². The van der Waals surface area contributed by atoms with Crippen LogP contribution in [-0.2, 0) is 14.4 Å². The van der Waals surface area contributed by atoms with Crippen LogP contribution in [-0.4, -0.2) is 42.0 Å². The predicted molar refractivity (Wildman–Crippen MR) is 63.6 cm³/mol. The molecular weight excluding hydrogens is 238 g/mol. The first-order valence-electron chi connectivity index (χ1n) is 6.02. The Balaban J connectivity index is 2.27. The maximum Gasteiger partial charge on any atom is 0.322 e. The number of aliphatic carboxylic acids is 1. The number of amides is 2. The van der Waals surface area contributed by atoms with E-state index in [2.05, 4.69) is 10.6 Å². The fourth-order valence-corrected chi connectivity index (χ4v) is 2.02. The molecule has 18 heavy (non-hydrogen) atoms. The summed E-state index contributed by atoms with van der Waals surface area (Å²) in [6.07, 6.45) is 3.56. The molecule has 5 N–H and O–H groups in total. The molecule has 0 aromatic heterocycles. The van der Waals surface area contributed by atoms with Crippen molar-refractivity contribution in [2.45, 2.75) is 31.7 Å². The highest BCUT2D eigenvalue weighted by Crippen LogP contribution is 2.22. The number of rotatable bonds is 5. The van der Waals surface area contributed by atoms with Gasteiger partial charge in [-0.3, -0.25) is 14.4 Å². The van der Waals surface area contributed by atoms with Gasteiger partial charge in [0.05, 0.1) is 12.5 Å². The summed E-state index contributed by atoms with van der Waals surface area (Å²) in [5, 5.41) is 13.0. The standard InChI is InChI=1S/C11H19N3O4/c12-8-4-2-1-3-7(8)11(18)14-5-9(15)13-6-10(16)17/h7-8H,1-6,12H2,(H,13,15)(H,14,18)(H,16,17). The molecule has 1 aliphatic carbocycles. The van der Waals surface area contributed by atoms with Crippen molar-refractivity contribution in [2.75, 3.05) is 13.1 Å². The fourth-order valence-electron chi connectivity index (χ4n) is 2.02. The Bertz CT molecular complexity index is 332. The van der Waals surface area contributed by atoms with E-state index >= 15 is 0 Å². The molecule has 7 nitrogen and oxygen atoms in total. The molecule has 0 aromatic rings. The number of nitrogens with one attached hydrogen (secondary N) is 2. The van der Waals surface area contributed by atoms with E-state index in [-0.39, 0.29) is 24.4 Å². The smallest absolute Gasteiger partial charge is 0.322 e. The molecule has 0 saturated heterocycles. The van der Waals surface area contributed by atoms with Crippen molar-refractivity contribution in [1.29, 1.82) is 0 Å². The Morgan fingerprint density at radius 3 is 2.39 bits per heavy atom. The van der Waals surface area contributed by atoms with Gasteiger partial charge in [0.15, 0.2) is 0 Å². The van der Waals surface area contributed by atoms with Gasteiger partial charge in [-0.25, -0.2) is 0 Å². The zero-order valence-corrected chi connectivity index (χ0v) is 10.1. The Morgan fingerprint density at radius 1 is 1.11 bits per heavy atom. The van der Waals surface area contributed by atoms with E-state index in [1.807, 2.05) is 0 Å². The topological polar surface area (TPSA) is 122 Å². The minimum absolute atomic E-state index is 0.152. The van der Waals surface area contributed by atoms with Gasteiger partial charge in [0.1, 0.15) is 6.54 Å². The second kappa shape index (κ2) is 6.95. The lowest BCUT2D eigenvalue weighted by atomic mass is 9.84. The van der Waals surface area contributed by atoms with E-state index in [0.29, 0.717) is 0 Å². The van der Waals surface area contributed by atoms with Crippen LogP contribution in [0.2, 0.25) is 0 Å². The third kappa shape index (κ3) is 4.70. The summed E-state index contributed by atoms with van der Waals surface area (Å²) in [7, 11) is 0. The highest BCUT2D eigenvalue weighted by atomic mass is 16.4. The normalized spacial score (nSPS) is 23.2. The van der Waals surface area contributed by atoms with E-state index in [9.17, 15) is 14.4 Å². The summed E-state index contributed by atoms with van der Waals surface area (Å²) in [5.41, 5.74) is 5.85. The molecule has 1 fully saturated rings. The van der Waals surface area contributed by atoms with Gasteiger partial charge in [0.25, 0.3) is 0 Å². The van der Waals surface area contributed by atoms with Crippen LogP contribution >= 0.6 is 0 Å². The number of carbonyl (C=O) groups excluding carboxylic acids is 2. The third-order valence-electron chi connectivity index (χ3n) is 3.02. The highest BCUT2D eigenvalue weighted by molar-refractivity contribution is 5.87. The average molecular weight is 257 g/mol. The Morgan fingerprint density at radius 2 is 1.78 bits per heavy atom. The van der Waals surface area contributed by atoms with Gasteiger partial charge in [0.2, 0.25) is 11.8 Å². The zero-order chi connectivity index (χ0) is 13.5. The molecule has 0 heterocycles. The number of hydrogen-bond acceptors (Lipinski definition) is 4. The first-order chi connectivity index (χ1) is 8.50. The number of hydrogen-bond donors (Lipinski definition) is 4. The average Bonchev–Trinajstić information content (AvgIpc) is 2.34. The number of nitrogens with two attached hydrogens (primary N) is 1.